The molecule has 0 aliphatic heterocycles. The third-order valence-corrected chi connectivity index (χ3v) is 2.75. The molecule has 0 aliphatic rings. The van der Waals surface area contributed by atoms with Crippen molar-refractivity contribution >= 4 is 5.91 Å². The van der Waals surface area contributed by atoms with Crippen LogP contribution in [0.15, 0.2) is 24.3 Å². The summed E-state index contributed by atoms with van der Waals surface area (Å²) in [5.41, 5.74) is 0.918. The molecule has 0 saturated heterocycles. The van der Waals surface area contributed by atoms with E-state index in [1.54, 1.807) is 12.1 Å². The van der Waals surface area contributed by atoms with Crippen molar-refractivity contribution in [3.05, 3.63) is 35.6 Å². The van der Waals surface area contributed by atoms with Crippen molar-refractivity contribution in [2.75, 3.05) is 6.54 Å². The first kappa shape index (κ1) is 15.6. The van der Waals surface area contributed by atoms with Crippen LogP contribution in [0.4, 0.5) is 4.39 Å². The highest BCUT2D eigenvalue weighted by Crippen LogP contribution is 2.12. The minimum atomic E-state index is -0.267. The van der Waals surface area contributed by atoms with Gasteiger partial charge in [-0.1, -0.05) is 12.1 Å². The van der Waals surface area contributed by atoms with E-state index in [-0.39, 0.29) is 23.3 Å². The van der Waals surface area contributed by atoms with Gasteiger partial charge in [0, 0.05) is 18.5 Å². The molecule has 0 aromatic heterocycles. The fourth-order valence-corrected chi connectivity index (χ4v) is 1.70. The first-order valence-electron chi connectivity index (χ1n) is 6.58. The number of carbonyl (C=O) groups is 1. The standard InChI is InChI=1S/C15H23FN2O/c1-11(12-5-7-13(16)8-6-12)18-14(19)9-10-17-15(2,3)4/h5-8,11,17H,9-10H2,1-4H3,(H,18,19)/t11-/m1/s1. The Balaban J connectivity index is 2.38. The molecular weight excluding hydrogens is 243 g/mol. The van der Waals surface area contributed by atoms with Gasteiger partial charge in [0.05, 0.1) is 6.04 Å². The normalized spacial score (nSPS) is 13.1. The number of carbonyl (C=O) groups excluding carboxylic acids is 1. The van der Waals surface area contributed by atoms with Crippen molar-refractivity contribution in [1.29, 1.82) is 0 Å². The number of hydrogen-bond acceptors (Lipinski definition) is 2. The zero-order valence-corrected chi connectivity index (χ0v) is 12.1. The predicted molar refractivity (Wildman–Crippen MR) is 75.3 cm³/mol. The smallest absolute Gasteiger partial charge is 0.221 e. The summed E-state index contributed by atoms with van der Waals surface area (Å²) in [6.45, 7) is 8.72. The molecule has 0 saturated carbocycles. The third-order valence-electron chi connectivity index (χ3n) is 2.75. The van der Waals surface area contributed by atoms with Gasteiger partial charge >= 0.3 is 0 Å². The van der Waals surface area contributed by atoms with Crippen LogP contribution in [0.5, 0.6) is 0 Å². The molecule has 19 heavy (non-hydrogen) atoms. The van der Waals surface area contributed by atoms with Crippen LogP contribution in [-0.4, -0.2) is 18.0 Å². The monoisotopic (exact) mass is 266 g/mol. The Morgan fingerprint density at radius 1 is 1.26 bits per heavy atom. The minimum absolute atomic E-state index is 0.00595. The van der Waals surface area contributed by atoms with Crippen LogP contribution in [-0.2, 0) is 4.79 Å². The second-order valence-corrected chi connectivity index (χ2v) is 5.77. The molecule has 1 aromatic carbocycles. The Labute approximate surface area is 114 Å². The van der Waals surface area contributed by atoms with Crippen LogP contribution in [0, 0.1) is 5.82 Å². The lowest BCUT2D eigenvalue weighted by molar-refractivity contribution is -0.121. The van der Waals surface area contributed by atoms with Crippen LogP contribution in [0.1, 0.15) is 45.7 Å². The summed E-state index contributed by atoms with van der Waals surface area (Å²) in [6.07, 6.45) is 0.433. The van der Waals surface area contributed by atoms with Crippen molar-refractivity contribution in [3.63, 3.8) is 0 Å². The molecular formula is C15H23FN2O. The van der Waals surface area contributed by atoms with Crippen molar-refractivity contribution in [2.45, 2.75) is 45.7 Å². The molecule has 0 spiro atoms. The maximum Gasteiger partial charge on any atom is 0.221 e. The van der Waals surface area contributed by atoms with Crippen LogP contribution in [0.25, 0.3) is 0 Å². The Kier molecular flexibility index (Phi) is 5.48. The van der Waals surface area contributed by atoms with Gasteiger partial charge < -0.3 is 10.6 Å². The number of hydrogen-bond donors (Lipinski definition) is 2. The SMILES string of the molecule is C[C@@H](NC(=O)CCNC(C)(C)C)c1ccc(F)cc1. The number of benzene rings is 1. The van der Waals surface area contributed by atoms with Gasteiger partial charge in [-0.2, -0.15) is 0 Å². The summed E-state index contributed by atoms with van der Waals surface area (Å²) >= 11 is 0. The van der Waals surface area contributed by atoms with Gasteiger partial charge in [-0.25, -0.2) is 4.39 Å². The molecule has 1 atom stereocenters. The fourth-order valence-electron chi connectivity index (χ4n) is 1.70. The molecule has 4 heteroatoms. The van der Waals surface area contributed by atoms with E-state index in [9.17, 15) is 9.18 Å². The summed E-state index contributed by atoms with van der Waals surface area (Å²) in [4.78, 5) is 11.8. The Hall–Kier alpha value is -1.42. The van der Waals surface area contributed by atoms with Gasteiger partial charge in [0.15, 0.2) is 0 Å². The zero-order valence-electron chi connectivity index (χ0n) is 12.1. The van der Waals surface area contributed by atoms with Gasteiger partial charge in [0.1, 0.15) is 5.82 Å². The second-order valence-electron chi connectivity index (χ2n) is 5.77. The molecule has 1 rings (SSSR count). The lowest BCUT2D eigenvalue weighted by atomic mass is 10.1. The maximum absolute atomic E-state index is 12.8. The highest BCUT2D eigenvalue weighted by Gasteiger charge is 2.12. The molecule has 1 amide bonds. The molecule has 1 aromatic rings. The fraction of sp³-hybridized carbons (Fsp3) is 0.533. The van der Waals surface area contributed by atoms with Crippen molar-refractivity contribution in [1.82, 2.24) is 10.6 Å². The maximum atomic E-state index is 12.8. The second kappa shape index (κ2) is 6.66. The highest BCUT2D eigenvalue weighted by atomic mass is 19.1. The average molecular weight is 266 g/mol. The summed E-state index contributed by atoms with van der Waals surface area (Å²) in [5.74, 6) is -0.273. The summed E-state index contributed by atoms with van der Waals surface area (Å²) in [7, 11) is 0. The van der Waals surface area contributed by atoms with E-state index < -0.39 is 0 Å². The Morgan fingerprint density at radius 2 is 1.84 bits per heavy atom. The topological polar surface area (TPSA) is 41.1 Å². The zero-order chi connectivity index (χ0) is 14.5. The number of rotatable bonds is 5. The van der Waals surface area contributed by atoms with Crippen molar-refractivity contribution < 1.29 is 9.18 Å². The van der Waals surface area contributed by atoms with Gasteiger partial charge in [-0.05, 0) is 45.4 Å². The van der Waals surface area contributed by atoms with Gasteiger partial charge in [0.2, 0.25) is 5.91 Å². The van der Waals surface area contributed by atoms with E-state index >= 15 is 0 Å². The van der Waals surface area contributed by atoms with E-state index in [4.69, 9.17) is 0 Å². The Bertz CT molecular complexity index is 409. The first-order valence-corrected chi connectivity index (χ1v) is 6.58. The summed E-state index contributed by atoms with van der Waals surface area (Å²) in [5, 5.41) is 6.16. The van der Waals surface area contributed by atoms with Crippen molar-refractivity contribution in [2.24, 2.45) is 0 Å². The number of halogens is 1. The third kappa shape index (κ3) is 6.34. The number of nitrogens with one attached hydrogen (secondary N) is 2. The van der Waals surface area contributed by atoms with Crippen LogP contribution in [0.2, 0.25) is 0 Å². The lowest BCUT2D eigenvalue weighted by Gasteiger charge is -2.20. The van der Waals surface area contributed by atoms with Gasteiger partial charge in [0.25, 0.3) is 0 Å². The summed E-state index contributed by atoms with van der Waals surface area (Å²) in [6, 6.07) is 6.07. The minimum Gasteiger partial charge on any atom is -0.350 e. The molecule has 2 N–H and O–H groups in total. The quantitative estimate of drug-likeness (QED) is 0.860. The van der Waals surface area contributed by atoms with E-state index in [0.717, 1.165) is 5.56 Å². The summed E-state index contributed by atoms with van der Waals surface area (Å²) < 4.78 is 12.8. The molecule has 106 valence electrons. The molecule has 3 nitrogen and oxygen atoms in total. The first-order chi connectivity index (χ1) is 8.78. The molecule has 0 unspecified atom stereocenters. The van der Waals surface area contributed by atoms with Gasteiger partial charge in [-0.3, -0.25) is 4.79 Å². The van der Waals surface area contributed by atoms with E-state index in [1.165, 1.54) is 12.1 Å². The van der Waals surface area contributed by atoms with E-state index in [0.29, 0.717) is 13.0 Å². The molecule has 0 aliphatic carbocycles. The Morgan fingerprint density at radius 3 is 2.37 bits per heavy atom. The molecule has 0 bridgehead atoms. The predicted octanol–water partition coefficient (Wildman–Crippen LogP) is 2.78. The largest absolute Gasteiger partial charge is 0.350 e. The molecule has 0 heterocycles. The van der Waals surface area contributed by atoms with Crippen LogP contribution < -0.4 is 10.6 Å². The van der Waals surface area contributed by atoms with Crippen LogP contribution in [0.3, 0.4) is 0 Å². The highest BCUT2D eigenvalue weighted by molar-refractivity contribution is 5.76. The lowest BCUT2D eigenvalue weighted by Crippen LogP contribution is -2.38. The molecule has 0 radical (unpaired) electrons. The molecule has 0 fully saturated rings. The van der Waals surface area contributed by atoms with E-state index in [1.807, 2.05) is 6.92 Å². The van der Waals surface area contributed by atoms with E-state index in [2.05, 4.69) is 31.4 Å². The van der Waals surface area contributed by atoms with Crippen molar-refractivity contribution in [3.8, 4) is 0 Å². The van der Waals surface area contributed by atoms with Crippen LogP contribution >= 0.6 is 0 Å². The van der Waals surface area contributed by atoms with Gasteiger partial charge in [-0.15, -0.1) is 0 Å². The number of amides is 1. The average Bonchev–Trinajstić information content (AvgIpc) is 2.27.